The summed E-state index contributed by atoms with van der Waals surface area (Å²) in [7, 11) is 0. The fraction of sp³-hybridized carbons (Fsp3) is 0.500. The molecule has 4 nitrogen and oxygen atoms in total. The molecule has 2 aromatic rings. The number of anilines is 1. The molecule has 1 unspecified atom stereocenters. The number of nitrogens with one attached hydrogen (secondary N) is 1. The van der Waals surface area contributed by atoms with Gasteiger partial charge in [-0.2, -0.15) is 0 Å². The highest BCUT2D eigenvalue weighted by atomic mass is 15.2. The average Bonchev–Trinajstić information content (AvgIpc) is 2.91. The number of rotatable bonds is 1. The summed E-state index contributed by atoms with van der Waals surface area (Å²) in [6.45, 7) is 4.56. The largest absolute Gasteiger partial charge is 0.355 e. The van der Waals surface area contributed by atoms with Gasteiger partial charge in [0.05, 0.1) is 17.2 Å². The number of fused-ring (bicyclic) bond motifs is 1. The highest BCUT2D eigenvalue weighted by Gasteiger charge is 2.39. The summed E-state index contributed by atoms with van der Waals surface area (Å²) < 4.78 is 0. The van der Waals surface area contributed by atoms with Gasteiger partial charge in [-0.1, -0.05) is 12.1 Å². The maximum absolute atomic E-state index is 4.78. The lowest BCUT2D eigenvalue weighted by Crippen LogP contribution is -2.42. The van der Waals surface area contributed by atoms with E-state index in [-0.39, 0.29) is 0 Å². The second kappa shape index (κ2) is 4.70. The van der Waals surface area contributed by atoms with Crippen molar-refractivity contribution < 1.29 is 0 Å². The Kier molecular flexibility index (Phi) is 2.84. The Bertz CT molecular complexity index is 619. The molecule has 2 aliphatic rings. The van der Waals surface area contributed by atoms with E-state index in [9.17, 15) is 0 Å². The number of piperidine rings is 1. The summed E-state index contributed by atoms with van der Waals surface area (Å²) in [4.78, 5) is 11.7. The van der Waals surface area contributed by atoms with Crippen LogP contribution in [0.15, 0.2) is 30.5 Å². The lowest BCUT2D eigenvalue weighted by Gasteiger charge is -2.33. The first-order chi connectivity index (χ1) is 9.85. The van der Waals surface area contributed by atoms with Crippen molar-refractivity contribution >= 4 is 16.9 Å². The normalized spacial score (nSPS) is 26.5. The maximum Gasteiger partial charge on any atom is 0.147 e. The molecule has 4 rings (SSSR count). The van der Waals surface area contributed by atoms with Gasteiger partial charge in [-0.3, -0.25) is 4.98 Å². The van der Waals surface area contributed by atoms with Crippen molar-refractivity contribution in [2.75, 3.05) is 31.1 Å². The molecule has 3 heterocycles. The van der Waals surface area contributed by atoms with Gasteiger partial charge < -0.3 is 10.2 Å². The predicted molar refractivity (Wildman–Crippen MR) is 80.9 cm³/mol. The molecule has 1 atom stereocenters. The van der Waals surface area contributed by atoms with Crippen LogP contribution in [-0.2, 0) is 0 Å². The minimum absolute atomic E-state index is 0.464. The van der Waals surface area contributed by atoms with E-state index in [1.54, 1.807) is 0 Å². The third-order valence-electron chi connectivity index (χ3n) is 4.76. The van der Waals surface area contributed by atoms with E-state index in [1.165, 1.54) is 25.8 Å². The van der Waals surface area contributed by atoms with Gasteiger partial charge in [0.2, 0.25) is 0 Å². The molecule has 1 aromatic heterocycles. The molecule has 1 aromatic carbocycles. The van der Waals surface area contributed by atoms with Crippen LogP contribution in [0.1, 0.15) is 19.3 Å². The smallest absolute Gasteiger partial charge is 0.147 e. The Labute approximate surface area is 119 Å². The number of hydrogen-bond donors (Lipinski definition) is 1. The van der Waals surface area contributed by atoms with Gasteiger partial charge in [0.15, 0.2) is 0 Å². The van der Waals surface area contributed by atoms with Crippen molar-refractivity contribution in [3.63, 3.8) is 0 Å². The van der Waals surface area contributed by atoms with Crippen LogP contribution in [0.3, 0.4) is 0 Å². The van der Waals surface area contributed by atoms with Crippen molar-refractivity contribution in [1.29, 1.82) is 0 Å². The second-order valence-electron chi connectivity index (χ2n) is 6.17. The molecule has 2 fully saturated rings. The van der Waals surface area contributed by atoms with E-state index in [0.717, 1.165) is 36.5 Å². The molecule has 0 amide bonds. The third-order valence-corrected chi connectivity index (χ3v) is 4.76. The van der Waals surface area contributed by atoms with Crippen LogP contribution in [0.4, 0.5) is 5.82 Å². The average molecular weight is 268 g/mol. The molecule has 0 aliphatic carbocycles. The highest BCUT2D eigenvalue weighted by Crippen LogP contribution is 2.37. The molecule has 104 valence electrons. The zero-order chi connectivity index (χ0) is 13.4. The van der Waals surface area contributed by atoms with Crippen LogP contribution in [0.25, 0.3) is 11.0 Å². The summed E-state index contributed by atoms with van der Waals surface area (Å²) in [6.07, 6.45) is 5.85. The number of benzene rings is 1. The van der Waals surface area contributed by atoms with Gasteiger partial charge in [0.25, 0.3) is 0 Å². The fourth-order valence-corrected chi connectivity index (χ4v) is 3.61. The van der Waals surface area contributed by atoms with E-state index in [0.29, 0.717) is 5.41 Å². The Hall–Kier alpha value is -1.68. The minimum atomic E-state index is 0.464. The van der Waals surface area contributed by atoms with Crippen LogP contribution in [0.5, 0.6) is 0 Å². The lowest BCUT2D eigenvalue weighted by atomic mass is 9.80. The maximum atomic E-state index is 4.78. The summed E-state index contributed by atoms with van der Waals surface area (Å²) in [5.74, 6) is 1.03. The van der Waals surface area contributed by atoms with E-state index in [1.807, 2.05) is 30.5 Å². The summed E-state index contributed by atoms with van der Waals surface area (Å²) in [5.41, 5.74) is 2.43. The number of aromatic nitrogens is 2. The van der Waals surface area contributed by atoms with Crippen molar-refractivity contribution in [3.8, 4) is 0 Å². The van der Waals surface area contributed by atoms with Crippen LogP contribution >= 0.6 is 0 Å². The van der Waals surface area contributed by atoms with Crippen molar-refractivity contribution in [2.24, 2.45) is 5.41 Å². The summed E-state index contributed by atoms with van der Waals surface area (Å²) in [5, 5.41) is 3.56. The van der Waals surface area contributed by atoms with Crippen molar-refractivity contribution in [2.45, 2.75) is 19.3 Å². The predicted octanol–water partition coefficient (Wildman–Crippen LogP) is 2.21. The molecule has 1 N–H and O–H groups in total. The Morgan fingerprint density at radius 3 is 2.90 bits per heavy atom. The second-order valence-corrected chi connectivity index (χ2v) is 6.17. The molecule has 0 saturated carbocycles. The summed E-state index contributed by atoms with van der Waals surface area (Å²) in [6, 6.07) is 8.09. The van der Waals surface area contributed by atoms with Crippen LogP contribution in [0.2, 0.25) is 0 Å². The molecule has 20 heavy (non-hydrogen) atoms. The van der Waals surface area contributed by atoms with Crippen molar-refractivity contribution in [1.82, 2.24) is 15.3 Å². The first kappa shape index (κ1) is 12.1. The number of hydrogen-bond acceptors (Lipinski definition) is 4. The monoisotopic (exact) mass is 268 g/mol. The van der Waals surface area contributed by atoms with Gasteiger partial charge in [0.1, 0.15) is 5.82 Å². The van der Waals surface area contributed by atoms with E-state index >= 15 is 0 Å². The van der Waals surface area contributed by atoms with Gasteiger partial charge in [-0.05, 0) is 37.9 Å². The van der Waals surface area contributed by atoms with E-state index in [2.05, 4.69) is 15.2 Å². The zero-order valence-electron chi connectivity index (χ0n) is 11.7. The van der Waals surface area contributed by atoms with Crippen LogP contribution in [-0.4, -0.2) is 36.1 Å². The molecular formula is C16H20N4. The van der Waals surface area contributed by atoms with Gasteiger partial charge in [0, 0.05) is 25.0 Å². The Morgan fingerprint density at radius 2 is 2.05 bits per heavy atom. The molecule has 2 saturated heterocycles. The summed E-state index contributed by atoms with van der Waals surface area (Å²) >= 11 is 0. The molecule has 1 spiro atoms. The van der Waals surface area contributed by atoms with E-state index < -0.39 is 0 Å². The van der Waals surface area contributed by atoms with Gasteiger partial charge in [-0.15, -0.1) is 0 Å². The SMILES string of the molecule is c1ccc2nc(N3CCC4(CCCNC4)C3)cnc2c1. The third kappa shape index (κ3) is 2.04. The molecule has 0 bridgehead atoms. The number of para-hydroxylation sites is 2. The molecular weight excluding hydrogens is 248 g/mol. The molecule has 4 heteroatoms. The van der Waals surface area contributed by atoms with Gasteiger partial charge in [-0.25, -0.2) is 4.98 Å². The number of nitrogens with zero attached hydrogens (tertiary/aromatic N) is 3. The minimum Gasteiger partial charge on any atom is -0.355 e. The standard InChI is InChI=1S/C16H20N4/c1-2-5-14-13(4-1)18-10-15(19-14)20-9-7-16(12-20)6-3-8-17-11-16/h1-2,4-5,10,17H,3,6-9,11-12H2. The van der Waals surface area contributed by atoms with Crippen LogP contribution in [0, 0.1) is 5.41 Å². The zero-order valence-corrected chi connectivity index (χ0v) is 11.7. The first-order valence-corrected chi connectivity index (χ1v) is 7.52. The quantitative estimate of drug-likeness (QED) is 0.861. The van der Waals surface area contributed by atoms with E-state index in [4.69, 9.17) is 4.98 Å². The first-order valence-electron chi connectivity index (χ1n) is 7.52. The van der Waals surface area contributed by atoms with Crippen molar-refractivity contribution in [3.05, 3.63) is 30.5 Å². The molecule has 2 aliphatic heterocycles. The van der Waals surface area contributed by atoms with Crippen LogP contribution < -0.4 is 10.2 Å². The van der Waals surface area contributed by atoms with Gasteiger partial charge >= 0.3 is 0 Å². The molecule has 0 radical (unpaired) electrons. The lowest BCUT2D eigenvalue weighted by molar-refractivity contribution is 0.239. The fourth-order valence-electron chi connectivity index (χ4n) is 3.61. The Morgan fingerprint density at radius 1 is 1.15 bits per heavy atom. The topological polar surface area (TPSA) is 41.1 Å². The highest BCUT2D eigenvalue weighted by molar-refractivity contribution is 5.75. The Balaban J connectivity index is 1.60.